The Morgan fingerprint density at radius 2 is 0.500 bits per heavy atom. The zero-order valence-electron chi connectivity index (χ0n) is 47.8. The van der Waals surface area contributed by atoms with Gasteiger partial charge in [-0.1, -0.05) is 0 Å². The van der Waals surface area contributed by atoms with Crippen LogP contribution >= 0.6 is 24.8 Å². The SMILES string of the molecule is CCC1=Cc2c(-c3c4ccccc4cc4ccccc34)ccc(-c3c4ccccc4cc4ccccc34)c2[CH]1[Zr]([CH3])([CH3])(=[SiH2])[CH]1C(CC)=Cc2c(-c3c4ccccc4cc4ccccc34)ccc(-c3c4ccccc4cc4ccccc34)c21.Cl.Cl. The van der Waals surface area contributed by atoms with E-state index >= 15 is 0 Å². The Morgan fingerprint density at radius 1 is 0.298 bits per heavy atom. The van der Waals surface area contributed by atoms with E-state index in [4.69, 9.17) is 0 Å². The van der Waals surface area contributed by atoms with Gasteiger partial charge in [0.25, 0.3) is 0 Å². The fourth-order valence-electron chi connectivity index (χ4n) is 16.1. The summed E-state index contributed by atoms with van der Waals surface area (Å²) >= 11 is -4.64. The van der Waals surface area contributed by atoms with Gasteiger partial charge < -0.3 is 0 Å². The van der Waals surface area contributed by atoms with Crippen LogP contribution in [0.25, 0.3) is 143 Å². The topological polar surface area (TPSA) is 0 Å². The second-order valence-corrected chi connectivity index (χ2v) is 55.2. The number of hydrogen-bond acceptors (Lipinski definition) is 0. The van der Waals surface area contributed by atoms with Gasteiger partial charge in [-0.15, -0.1) is 24.8 Å². The zero-order chi connectivity index (χ0) is 55.0. The molecule has 0 aliphatic heterocycles. The fraction of sp³-hybridized carbons (Fsp3) is 0.100. The number of halogens is 2. The molecule has 0 fully saturated rings. The van der Waals surface area contributed by atoms with E-state index in [-0.39, 0.29) is 32.1 Å². The molecule has 14 aromatic rings. The maximum absolute atomic E-state index is 4.64. The predicted molar refractivity (Wildman–Crippen MR) is 371 cm³/mol. The van der Waals surface area contributed by atoms with E-state index in [0.717, 1.165) is 12.8 Å². The molecular formula is C80H64Cl2SiZr. The molecule has 0 spiro atoms. The average molecular weight is 1220 g/mol. The summed E-state index contributed by atoms with van der Waals surface area (Å²) in [6.45, 7) is 7.43. The van der Waals surface area contributed by atoms with Crippen LogP contribution in [0, 0.1) is 0 Å². The molecule has 2 aliphatic rings. The number of fused-ring (bicyclic) bond motifs is 10. The minimum absolute atomic E-state index is 0. The number of hydrogen-bond donors (Lipinski definition) is 0. The van der Waals surface area contributed by atoms with Crippen LogP contribution in [0.15, 0.2) is 254 Å². The van der Waals surface area contributed by atoms with Crippen LogP contribution in [-0.4, -0.2) is 6.88 Å². The zero-order valence-corrected chi connectivity index (χ0v) is 53.3. The predicted octanol–water partition coefficient (Wildman–Crippen LogP) is 23.2. The van der Waals surface area contributed by atoms with Crippen molar-refractivity contribution in [2.45, 2.75) is 43.2 Å². The van der Waals surface area contributed by atoms with Crippen molar-refractivity contribution in [3.63, 3.8) is 0 Å². The van der Waals surface area contributed by atoms with E-state index in [1.807, 2.05) is 0 Å². The molecule has 4 heteroatoms. The summed E-state index contributed by atoms with van der Waals surface area (Å²) in [6, 6.07) is 92.9. The molecule has 0 amide bonds. The first kappa shape index (κ1) is 54.3. The minimum atomic E-state index is -4.64. The molecule has 406 valence electrons. The summed E-state index contributed by atoms with van der Waals surface area (Å²) in [6.07, 6.45) is 7.39. The Labute approximate surface area is 506 Å². The van der Waals surface area contributed by atoms with E-state index < -0.39 is 17.4 Å². The summed E-state index contributed by atoms with van der Waals surface area (Å²) in [5.74, 6) is 0. The van der Waals surface area contributed by atoms with Crippen LogP contribution in [-0.2, 0) is 17.4 Å². The van der Waals surface area contributed by atoms with Gasteiger partial charge in [-0.25, -0.2) is 0 Å². The first-order valence-corrected chi connectivity index (χ1v) is 43.3. The van der Waals surface area contributed by atoms with Crippen LogP contribution in [0.5, 0.6) is 0 Å². The van der Waals surface area contributed by atoms with Gasteiger partial charge in [-0.05, 0) is 0 Å². The molecule has 0 saturated heterocycles. The maximum Gasteiger partial charge on any atom is -0.147 e. The molecule has 14 aromatic carbocycles. The van der Waals surface area contributed by atoms with Gasteiger partial charge in [0.2, 0.25) is 0 Å². The Kier molecular flexibility index (Phi) is 13.3. The smallest absolute Gasteiger partial charge is 0.147 e. The van der Waals surface area contributed by atoms with Crippen LogP contribution in [0.3, 0.4) is 0 Å². The fourth-order valence-corrected chi connectivity index (χ4v) is 36.1. The molecular weight excluding hydrogens is 1150 g/mol. The van der Waals surface area contributed by atoms with Gasteiger partial charge in [0.1, 0.15) is 0 Å². The summed E-state index contributed by atoms with van der Waals surface area (Å²) in [5, 5.41) is 20.7. The van der Waals surface area contributed by atoms with Crippen LogP contribution < -0.4 is 0 Å². The third-order valence-corrected chi connectivity index (χ3v) is 36.8. The number of allylic oxidation sites excluding steroid dienone is 2. The van der Waals surface area contributed by atoms with Crippen molar-refractivity contribution >= 4 is 130 Å². The summed E-state index contributed by atoms with van der Waals surface area (Å²) in [4.78, 5) is 0. The van der Waals surface area contributed by atoms with Crippen molar-refractivity contribution in [2.75, 3.05) is 0 Å². The van der Waals surface area contributed by atoms with Gasteiger partial charge in [-0.3, -0.25) is 0 Å². The van der Waals surface area contributed by atoms with Gasteiger partial charge in [0.05, 0.1) is 0 Å². The minimum Gasteiger partial charge on any atom is -0.147 e. The quantitative estimate of drug-likeness (QED) is 0.105. The second-order valence-electron chi connectivity index (χ2n) is 24.7. The van der Waals surface area contributed by atoms with Crippen molar-refractivity contribution < 1.29 is 17.4 Å². The Morgan fingerprint density at radius 3 is 0.726 bits per heavy atom. The molecule has 2 aliphatic carbocycles. The Hall–Kier alpha value is -7.68. The van der Waals surface area contributed by atoms with Crippen LogP contribution in [0.4, 0.5) is 0 Å². The molecule has 84 heavy (non-hydrogen) atoms. The van der Waals surface area contributed by atoms with E-state index in [0.29, 0.717) is 0 Å². The molecule has 0 N–H and O–H groups in total. The van der Waals surface area contributed by atoms with Crippen LogP contribution in [0.2, 0.25) is 9.26 Å². The first-order chi connectivity index (χ1) is 40.2. The molecule has 0 heterocycles. The van der Waals surface area contributed by atoms with Gasteiger partial charge in [0.15, 0.2) is 0 Å². The summed E-state index contributed by atoms with van der Waals surface area (Å²) in [7, 11) is 0. The van der Waals surface area contributed by atoms with Gasteiger partial charge in [-0.2, -0.15) is 0 Å². The largest absolute Gasteiger partial charge is 0.147 e. The molecule has 2 atom stereocenters. The normalized spacial score (nSPS) is 15.0. The molecule has 0 aromatic heterocycles. The molecule has 0 saturated carbocycles. The first-order valence-electron chi connectivity index (χ1n) is 29.6. The van der Waals surface area contributed by atoms with Crippen LogP contribution in [0.1, 0.15) is 56.2 Å². The third-order valence-electron chi connectivity index (χ3n) is 19.4. The maximum atomic E-state index is 2.89. The molecule has 2 unspecified atom stereocenters. The monoisotopic (exact) mass is 1210 g/mol. The second kappa shape index (κ2) is 20.5. The number of rotatable bonds is 8. The van der Waals surface area contributed by atoms with Gasteiger partial charge >= 0.3 is 486 Å². The Balaban J connectivity index is 0.00000314. The van der Waals surface area contributed by atoms with Crippen molar-refractivity contribution in [3.05, 3.63) is 276 Å². The summed E-state index contributed by atoms with van der Waals surface area (Å²) in [5.41, 5.74) is 19.9. The van der Waals surface area contributed by atoms with Crippen molar-refractivity contribution in [1.29, 1.82) is 0 Å². The van der Waals surface area contributed by atoms with Crippen molar-refractivity contribution in [1.82, 2.24) is 0 Å². The van der Waals surface area contributed by atoms with Gasteiger partial charge in [0, 0.05) is 0 Å². The third kappa shape index (κ3) is 8.08. The van der Waals surface area contributed by atoms with Crippen molar-refractivity contribution in [2.24, 2.45) is 0 Å². The summed E-state index contributed by atoms with van der Waals surface area (Å²) < 4.78 is 6.22. The molecule has 0 nitrogen and oxygen atoms in total. The average Bonchev–Trinajstić information content (AvgIpc) is 1.60. The standard InChI is InChI=1S/2C39H27.2CH3.2ClH.H2Si.Zr/c2*1-2-25-21-36-34(38-30-15-7-3-11-26(30)23-27-12-4-8-16-31(27)38)19-20-35(37(36)22-25)39-32-17-9-5-13-28(32)24-29-14-6-10-18-33(29)39;;;;;;/h2*3-24H,2H2,1H3;2*1H3;2*1H;1H2;. The van der Waals surface area contributed by atoms with E-state index in [1.54, 1.807) is 11.1 Å². The Bertz CT molecular complexity index is 4710. The van der Waals surface area contributed by atoms with Crippen molar-refractivity contribution in [3.8, 4) is 44.5 Å². The van der Waals surface area contributed by atoms with E-state index in [1.165, 1.54) is 153 Å². The molecule has 0 radical (unpaired) electrons. The van der Waals surface area contributed by atoms with E-state index in [9.17, 15) is 0 Å². The number of benzene rings is 14. The van der Waals surface area contributed by atoms with E-state index in [2.05, 4.69) is 285 Å². The molecule has 16 rings (SSSR count). The molecule has 0 bridgehead atoms.